The van der Waals surface area contributed by atoms with Crippen LogP contribution in [0.3, 0.4) is 0 Å². The van der Waals surface area contributed by atoms with Crippen LogP contribution < -0.4 is 10.6 Å². The van der Waals surface area contributed by atoms with Gasteiger partial charge in [-0.1, -0.05) is 58.7 Å². The number of carbonyl (C=O) groups excluding carboxylic acids is 4. The second kappa shape index (κ2) is 10.2. The lowest BCUT2D eigenvalue weighted by Crippen LogP contribution is -2.47. The predicted molar refractivity (Wildman–Crippen MR) is 113 cm³/mol. The number of para-hydroxylation sites is 1. The predicted octanol–water partition coefficient (Wildman–Crippen LogP) is 3.18. The first-order chi connectivity index (χ1) is 14.2. The quantitative estimate of drug-likeness (QED) is 0.449. The van der Waals surface area contributed by atoms with Gasteiger partial charge in [-0.15, -0.1) is 0 Å². The Kier molecular flexibility index (Phi) is 7.97. The van der Waals surface area contributed by atoms with Crippen LogP contribution in [0, 0.1) is 0 Å². The number of hydrogen-bond acceptors (Lipinski definition) is 5. The molecular weight excluding hydrogens is 386 g/mol. The Labute approximate surface area is 177 Å². The maximum absolute atomic E-state index is 12.8. The summed E-state index contributed by atoms with van der Waals surface area (Å²) in [5.74, 6) is -1.49. The first-order valence-corrected chi connectivity index (χ1v) is 10.4. The third kappa shape index (κ3) is 5.37. The van der Waals surface area contributed by atoms with Crippen LogP contribution in [0.15, 0.2) is 24.3 Å². The highest BCUT2D eigenvalue weighted by atomic mass is 16.5. The van der Waals surface area contributed by atoms with Crippen LogP contribution in [0.4, 0.5) is 10.5 Å². The van der Waals surface area contributed by atoms with Gasteiger partial charge in [0.1, 0.15) is 12.1 Å². The maximum Gasteiger partial charge on any atom is 0.326 e. The van der Waals surface area contributed by atoms with Crippen molar-refractivity contribution in [3.63, 3.8) is 0 Å². The van der Waals surface area contributed by atoms with Gasteiger partial charge in [-0.2, -0.15) is 0 Å². The maximum atomic E-state index is 12.8. The van der Waals surface area contributed by atoms with Crippen LogP contribution in [0.2, 0.25) is 0 Å². The summed E-state index contributed by atoms with van der Waals surface area (Å²) in [5.41, 5.74) is 0.671. The number of benzene rings is 1. The highest BCUT2D eigenvalue weighted by Gasteiger charge is 2.50. The van der Waals surface area contributed by atoms with Crippen molar-refractivity contribution in [3.8, 4) is 0 Å². The van der Waals surface area contributed by atoms with Gasteiger partial charge in [0.15, 0.2) is 6.61 Å². The lowest BCUT2D eigenvalue weighted by molar-refractivity contribution is -0.150. The molecular formula is C22H31N3O5. The summed E-state index contributed by atoms with van der Waals surface area (Å²) in [4.78, 5) is 50.3. The molecule has 0 aromatic heterocycles. The molecule has 8 heteroatoms. The molecule has 0 spiro atoms. The second-order valence-electron chi connectivity index (χ2n) is 7.85. The molecule has 0 radical (unpaired) electrons. The van der Waals surface area contributed by atoms with Crippen molar-refractivity contribution in [1.29, 1.82) is 0 Å². The molecule has 1 saturated heterocycles. The van der Waals surface area contributed by atoms with Crippen LogP contribution in [-0.4, -0.2) is 47.4 Å². The minimum Gasteiger partial charge on any atom is -0.454 e. The molecule has 1 aromatic rings. The molecule has 30 heavy (non-hydrogen) atoms. The molecule has 0 saturated carbocycles. The van der Waals surface area contributed by atoms with E-state index < -0.39 is 42.5 Å². The molecule has 1 aliphatic heterocycles. The Morgan fingerprint density at radius 2 is 1.77 bits per heavy atom. The summed E-state index contributed by atoms with van der Waals surface area (Å²) in [6.45, 7) is 6.88. The minimum atomic E-state index is -0.960. The molecule has 2 rings (SSSR count). The molecule has 1 aliphatic rings. The molecule has 164 valence electrons. The summed E-state index contributed by atoms with van der Waals surface area (Å²) in [6, 6.07) is 6.80. The molecule has 1 aromatic carbocycles. The van der Waals surface area contributed by atoms with E-state index in [4.69, 9.17) is 4.74 Å². The first-order valence-electron chi connectivity index (χ1n) is 10.4. The fourth-order valence-electron chi connectivity index (χ4n) is 3.76. The van der Waals surface area contributed by atoms with E-state index in [0.29, 0.717) is 18.5 Å². The molecule has 8 nitrogen and oxygen atoms in total. The van der Waals surface area contributed by atoms with E-state index in [1.165, 1.54) is 0 Å². The SMILES string of the molecule is CCCC1(CCC)NC(=O)N(CC(=O)OCC(=O)Nc2ccccc2C(C)C)C1=O. The number of imide groups is 1. The molecule has 1 heterocycles. The zero-order valence-electron chi connectivity index (χ0n) is 18.1. The number of urea groups is 1. The third-order valence-corrected chi connectivity index (χ3v) is 5.11. The fourth-order valence-corrected chi connectivity index (χ4v) is 3.76. The number of ether oxygens (including phenoxy) is 1. The number of anilines is 1. The van der Waals surface area contributed by atoms with E-state index in [2.05, 4.69) is 10.6 Å². The number of esters is 1. The number of nitrogens with zero attached hydrogens (tertiary/aromatic N) is 1. The first kappa shape index (κ1) is 23.4. The Morgan fingerprint density at radius 1 is 1.13 bits per heavy atom. The van der Waals surface area contributed by atoms with E-state index in [9.17, 15) is 19.2 Å². The molecule has 0 aliphatic carbocycles. The number of hydrogen-bond donors (Lipinski definition) is 2. The average Bonchev–Trinajstić information content (AvgIpc) is 2.91. The molecule has 0 unspecified atom stereocenters. The van der Waals surface area contributed by atoms with Gasteiger partial charge in [0.2, 0.25) is 0 Å². The molecule has 0 bridgehead atoms. The molecule has 4 amide bonds. The largest absolute Gasteiger partial charge is 0.454 e. The number of amides is 4. The van der Waals surface area contributed by atoms with Gasteiger partial charge in [-0.3, -0.25) is 19.3 Å². The van der Waals surface area contributed by atoms with Crippen molar-refractivity contribution in [2.75, 3.05) is 18.5 Å². The summed E-state index contributed by atoms with van der Waals surface area (Å²) < 4.78 is 5.00. The molecule has 2 N–H and O–H groups in total. The molecule has 0 atom stereocenters. The summed E-state index contributed by atoms with van der Waals surface area (Å²) >= 11 is 0. The third-order valence-electron chi connectivity index (χ3n) is 5.11. The highest BCUT2D eigenvalue weighted by Crippen LogP contribution is 2.28. The van der Waals surface area contributed by atoms with Crippen molar-refractivity contribution >= 4 is 29.5 Å². The van der Waals surface area contributed by atoms with Crippen molar-refractivity contribution < 1.29 is 23.9 Å². The summed E-state index contributed by atoms with van der Waals surface area (Å²) in [7, 11) is 0. The van der Waals surface area contributed by atoms with Gasteiger partial charge in [0.05, 0.1) is 0 Å². The Morgan fingerprint density at radius 3 is 2.37 bits per heavy atom. The van der Waals surface area contributed by atoms with Gasteiger partial charge in [-0.05, 0) is 30.4 Å². The summed E-state index contributed by atoms with van der Waals surface area (Å²) in [6.07, 6.45) is 2.47. The van der Waals surface area contributed by atoms with Crippen molar-refractivity contribution in [1.82, 2.24) is 10.2 Å². The van der Waals surface area contributed by atoms with Crippen LogP contribution in [0.1, 0.15) is 64.9 Å². The van der Waals surface area contributed by atoms with Crippen LogP contribution >= 0.6 is 0 Å². The Balaban J connectivity index is 1.92. The van der Waals surface area contributed by atoms with E-state index in [0.717, 1.165) is 23.3 Å². The average molecular weight is 418 g/mol. The fraction of sp³-hybridized carbons (Fsp3) is 0.545. The normalized spacial score (nSPS) is 15.3. The number of carbonyl (C=O) groups is 4. The van der Waals surface area contributed by atoms with E-state index in [1.54, 1.807) is 6.07 Å². The topological polar surface area (TPSA) is 105 Å². The van der Waals surface area contributed by atoms with Crippen molar-refractivity contribution in [2.24, 2.45) is 0 Å². The lowest BCUT2D eigenvalue weighted by atomic mass is 9.88. The van der Waals surface area contributed by atoms with Gasteiger partial charge in [0.25, 0.3) is 11.8 Å². The second-order valence-corrected chi connectivity index (χ2v) is 7.85. The number of rotatable bonds is 10. The van der Waals surface area contributed by atoms with Gasteiger partial charge in [0, 0.05) is 5.69 Å². The highest BCUT2D eigenvalue weighted by molar-refractivity contribution is 6.08. The standard InChI is InChI=1S/C22H31N3O5/c1-5-11-22(12-6-2)20(28)25(21(29)24-22)13-19(27)30-14-18(26)23-17-10-8-7-9-16(17)15(3)4/h7-10,15H,5-6,11-14H2,1-4H3,(H,23,26)(H,24,29). The zero-order chi connectivity index (χ0) is 22.3. The van der Waals surface area contributed by atoms with Crippen LogP contribution in [-0.2, 0) is 19.1 Å². The van der Waals surface area contributed by atoms with Gasteiger partial charge in [-0.25, -0.2) is 4.79 Å². The van der Waals surface area contributed by atoms with E-state index in [1.807, 2.05) is 45.9 Å². The monoisotopic (exact) mass is 417 g/mol. The zero-order valence-corrected chi connectivity index (χ0v) is 18.1. The Bertz CT molecular complexity index is 800. The lowest BCUT2D eigenvalue weighted by Gasteiger charge is -2.25. The Hall–Kier alpha value is -2.90. The summed E-state index contributed by atoms with van der Waals surface area (Å²) in [5, 5.41) is 5.47. The van der Waals surface area contributed by atoms with Gasteiger partial charge < -0.3 is 15.4 Å². The van der Waals surface area contributed by atoms with Crippen molar-refractivity contribution in [3.05, 3.63) is 29.8 Å². The minimum absolute atomic E-state index is 0.218. The van der Waals surface area contributed by atoms with Gasteiger partial charge >= 0.3 is 12.0 Å². The van der Waals surface area contributed by atoms with Crippen LogP contribution in [0.5, 0.6) is 0 Å². The van der Waals surface area contributed by atoms with E-state index in [-0.39, 0.29) is 5.92 Å². The van der Waals surface area contributed by atoms with Crippen molar-refractivity contribution in [2.45, 2.75) is 64.8 Å². The van der Waals surface area contributed by atoms with Crippen LogP contribution in [0.25, 0.3) is 0 Å². The smallest absolute Gasteiger partial charge is 0.326 e. The number of nitrogens with one attached hydrogen (secondary N) is 2. The van der Waals surface area contributed by atoms with E-state index >= 15 is 0 Å². The molecule has 1 fully saturated rings.